The average Bonchev–Trinajstić information content (AvgIpc) is 3.22. The standard InChI is InChI=1S/C23H17ClN4O2S/c1-29-19-11-18-14(23(26-13-25-18)28-16-7-3-2-6-15(16)24)10-20(19)30-12-22-27-17-8-4-5-9-21(17)31-22/h2-11,13H,12H2,1H3,(H,25,26,28). The lowest BCUT2D eigenvalue weighted by atomic mass is 10.2. The molecule has 0 amide bonds. The monoisotopic (exact) mass is 448 g/mol. The highest BCUT2D eigenvalue weighted by Gasteiger charge is 2.14. The third-order valence-corrected chi connectivity index (χ3v) is 6.08. The maximum absolute atomic E-state index is 6.30. The number of nitrogens with one attached hydrogen (secondary N) is 1. The van der Waals surface area contributed by atoms with Crippen LogP contribution in [0.15, 0.2) is 67.0 Å². The summed E-state index contributed by atoms with van der Waals surface area (Å²) in [4.78, 5) is 13.4. The fourth-order valence-corrected chi connectivity index (χ4v) is 4.31. The van der Waals surface area contributed by atoms with Crippen LogP contribution < -0.4 is 14.8 Å². The van der Waals surface area contributed by atoms with E-state index in [1.165, 1.54) is 6.33 Å². The number of hydrogen-bond donors (Lipinski definition) is 1. The number of aromatic nitrogens is 3. The van der Waals surface area contributed by atoms with E-state index in [0.29, 0.717) is 28.9 Å². The number of para-hydroxylation sites is 2. The van der Waals surface area contributed by atoms with E-state index in [0.717, 1.165) is 31.8 Å². The first-order valence-corrected chi connectivity index (χ1v) is 10.7. The van der Waals surface area contributed by atoms with E-state index in [4.69, 9.17) is 21.1 Å². The first kappa shape index (κ1) is 19.5. The fraction of sp³-hybridized carbons (Fsp3) is 0.0870. The van der Waals surface area contributed by atoms with Crippen molar-refractivity contribution >= 4 is 55.6 Å². The number of thiazole rings is 1. The van der Waals surface area contributed by atoms with E-state index < -0.39 is 0 Å². The van der Waals surface area contributed by atoms with Gasteiger partial charge in [0.2, 0.25) is 0 Å². The number of halogens is 1. The number of methoxy groups -OCH3 is 1. The summed E-state index contributed by atoms with van der Waals surface area (Å²) >= 11 is 7.91. The van der Waals surface area contributed by atoms with Crippen molar-refractivity contribution in [1.29, 1.82) is 0 Å². The Balaban J connectivity index is 1.48. The van der Waals surface area contributed by atoms with Gasteiger partial charge in [0.25, 0.3) is 0 Å². The Morgan fingerprint density at radius 1 is 0.968 bits per heavy atom. The van der Waals surface area contributed by atoms with Crippen molar-refractivity contribution in [1.82, 2.24) is 15.0 Å². The second-order valence-corrected chi connectivity index (χ2v) is 8.23. The minimum atomic E-state index is 0.335. The Hall–Kier alpha value is -3.42. The van der Waals surface area contributed by atoms with Gasteiger partial charge in [-0.15, -0.1) is 11.3 Å². The van der Waals surface area contributed by atoms with Gasteiger partial charge in [0.1, 0.15) is 23.8 Å². The van der Waals surface area contributed by atoms with Crippen molar-refractivity contribution in [3.63, 3.8) is 0 Å². The molecule has 8 heteroatoms. The second kappa shape index (κ2) is 8.37. The van der Waals surface area contributed by atoms with Crippen LogP contribution in [0.2, 0.25) is 5.02 Å². The van der Waals surface area contributed by atoms with Gasteiger partial charge >= 0.3 is 0 Å². The third kappa shape index (κ3) is 3.97. The molecule has 0 aliphatic rings. The highest BCUT2D eigenvalue weighted by atomic mass is 35.5. The molecule has 0 aliphatic carbocycles. The Labute approximate surface area is 187 Å². The zero-order valence-electron chi connectivity index (χ0n) is 16.5. The molecule has 3 aromatic carbocycles. The largest absolute Gasteiger partial charge is 0.493 e. The van der Waals surface area contributed by atoms with Crippen LogP contribution in [0.3, 0.4) is 0 Å². The highest BCUT2D eigenvalue weighted by Crippen LogP contribution is 2.36. The molecule has 1 N–H and O–H groups in total. The van der Waals surface area contributed by atoms with Crippen LogP contribution in [0.4, 0.5) is 11.5 Å². The minimum absolute atomic E-state index is 0.335. The van der Waals surface area contributed by atoms with Gasteiger partial charge in [-0.2, -0.15) is 0 Å². The van der Waals surface area contributed by atoms with E-state index in [1.807, 2.05) is 54.6 Å². The van der Waals surface area contributed by atoms with Gasteiger partial charge < -0.3 is 14.8 Å². The van der Waals surface area contributed by atoms with Gasteiger partial charge in [-0.25, -0.2) is 15.0 Å². The molecule has 0 saturated heterocycles. The van der Waals surface area contributed by atoms with Crippen LogP contribution >= 0.6 is 22.9 Å². The normalized spacial score (nSPS) is 11.0. The molecule has 0 unspecified atom stereocenters. The first-order chi connectivity index (χ1) is 15.2. The first-order valence-electron chi connectivity index (χ1n) is 9.53. The molecule has 0 fully saturated rings. The van der Waals surface area contributed by atoms with E-state index in [2.05, 4.69) is 26.3 Å². The van der Waals surface area contributed by atoms with E-state index in [-0.39, 0.29) is 0 Å². The van der Waals surface area contributed by atoms with Crippen LogP contribution in [0, 0.1) is 0 Å². The molecule has 0 spiro atoms. The van der Waals surface area contributed by atoms with Gasteiger partial charge in [0.05, 0.1) is 33.6 Å². The van der Waals surface area contributed by atoms with Gasteiger partial charge in [0.15, 0.2) is 11.5 Å². The summed E-state index contributed by atoms with van der Waals surface area (Å²) in [6.07, 6.45) is 1.50. The molecular weight excluding hydrogens is 432 g/mol. The Morgan fingerprint density at radius 2 is 1.81 bits per heavy atom. The van der Waals surface area contributed by atoms with Crippen molar-refractivity contribution in [3.05, 3.63) is 77.0 Å². The molecule has 0 radical (unpaired) electrons. The molecule has 154 valence electrons. The van der Waals surface area contributed by atoms with Gasteiger partial charge in [-0.1, -0.05) is 35.9 Å². The topological polar surface area (TPSA) is 69.2 Å². The van der Waals surface area contributed by atoms with E-state index >= 15 is 0 Å². The SMILES string of the molecule is COc1cc2ncnc(Nc3ccccc3Cl)c2cc1OCc1nc2ccccc2s1. The molecular formula is C23H17ClN4O2S. The van der Waals surface area contributed by atoms with Gasteiger partial charge in [0, 0.05) is 11.5 Å². The van der Waals surface area contributed by atoms with Gasteiger partial charge in [-0.3, -0.25) is 0 Å². The molecule has 2 aromatic heterocycles. The van der Waals surface area contributed by atoms with Crippen molar-refractivity contribution in [3.8, 4) is 11.5 Å². The minimum Gasteiger partial charge on any atom is -0.493 e. The molecule has 0 aliphatic heterocycles. The lowest BCUT2D eigenvalue weighted by Gasteiger charge is -2.13. The van der Waals surface area contributed by atoms with Crippen molar-refractivity contribution < 1.29 is 9.47 Å². The molecule has 0 bridgehead atoms. The highest BCUT2D eigenvalue weighted by molar-refractivity contribution is 7.18. The number of benzene rings is 3. The summed E-state index contributed by atoms with van der Waals surface area (Å²) in [6.45, 7) is 0.335. The summed E-state index contributed by atoms with van der Waals surface area (Å²) in [5.41, 5.74) is 2.46. The zero-order valence-corrected chi connectivity index (χ0v) is 18.1. The summed E-state index contributed by atoms with van der Waals surface area (Å²) in [5.74, 6) is 1.81. The van der Waals surface area contributed by atoms with E-state index in [1.54, 1.807) is 18.4 Å². The van der Waals surface area contributed by atoms with Crippen molar-refractivity contribution in [2.45, 2.75) is 6.61 Å². The Morgan fingerprint density at radius 3 is 2.65 bits per heavy atom. The summed E-state index contributed by atoms with van der Waals surface area (Å²) in [5, 5.41) is 5.57. The maximum atomic E-state index is 6.30. The predicted octanol–water partition coefficient (Wildman–Crippen LogP) is 6.22. The smallest absolute Gasteiger partial charge is 0.162 e. The molecule has 31 heavy (non-hydrogen) atoms. The lowest BCUT2D eigenvalue weighted by molar-refractivity contribution is 0.285. The fourth-order valence-electron chi connectivity index (χ4n) is 3.25. The molecule has 6 nitrogen and oxygen atoms in total. The second-order valence-electron chi connectivity index (χ2n) is 6.71. The van der Waals surface area contributed by atoms with Crippen LogP contribution in [0.25, 0.3) is 21.1 Å². The predicted molar refractivity (Wildman–Crippen MR) is 125 cm³/mol. The van der Waals surface area contributed by atoms with Crippen molar-refractivity contribution in [2.24, 2.45) is 0 Å². The van der Waals surface area contributed by atoms with Gasteiger partial charge in [-0.05, 0) is 30.3 Å². The molecule has 2 heterocycles. The van der Waals surface area contributed by atoms with Crippen LogP contribution in [-0.4, -0.2) is 22.1 Å². The molecule has 5 aromatic rings. The number of rotatable bonds is 6. The zero-order chi connectivity index (χ0) is 21.2. The molecule has 5 rings (SSSR count). The number of anilines is 2. The number of nitrogens with zero attached hydrogens (tertiary/aromatic N) is 3. The number of hydrogen-bond acceptors (Lipinski definition) is 7. The summed E-state index contributed by atoms with van der Waals surface area (Å²) < 4.78 is 12.8. The number of fused-ring (bicyclic) bond motifs is 2. The van der Waals surface area contributed by atoms with E-state index in [9.17, 15) is 0 Å². The third-order valence-electron chi connectivity index (χ3n) is 4.74. The Kier molecular flexibility index (Phi) is 5.28. The Bertz CT molecular complexity index is 1360. The quantitative estimate of drug-likeness (QED) is 0.332. The van der Waals surface area contributed by atoms with Crippen LogP contribution in [0.5, 0.6) is 11.5 Å². The summed E-state index contributed by atoms with van der Waals surface area (Å²) in [6, 6.07) is 19.2. The summed E-state index contributed by atoms with van der Waals surface area (Å²) in [7, 11) is 1.61. The average molecular weight is 449 g/mol. The van der Waals surface area contributed by atoms with Crippen LogP contribution in [-0.2, 0) is 6.61 Å². The lowest BCUT2D eigenvalue weighted by Crippen LogP contribution is -2.00. The molecule has 0 saturated carbocycles. The maximum Gasteiger partial charge on any atom is 0.162 e. The molecule has 0 atom stereocenters. The van der Waals surface area contributed by atoms with Crippen LogP contribution in [0.1, 0.15) is 5.01 Å². The van der Waals surface area contributed by atoms with Crippen molar-refractivity contribution in [2.75, 3.05) is 12.4 Å². The number of ether oxygens (including phenoxy) is 2.